The number of β-amino-alcohol motifs (C(OH)–C–C–N with tert-alkyl or cyclic N) is 1. The molecule has 134 valence electrons. The van der Waals surface area contributed by atoms with Crippen molar-refractivity contribution in [2.24, 2.45) is 0 Å². The Balaban J connectivity index is 2.12. The number of nitrogens with zero attached hydrogens (tertiary/aromatic N) is 2. The highest BCUT2D eigenvalue weighted by Crippen LogP contribution is 2.38. The van der Waals surface area contributed by atoms with E-state index in [0.717, 1.165) is 5.56 Å². The van der Waals surface area contributed by atoms with Crippen molar-refractivity contribution in [1.29, 1.82) is 0 Å². The van der Waals surface area contributed by atoms with Gasteiger partial charge in [-0.25, -0.2) is 0 Å². The highest BCUT2D eigenvalue weighted by Gasteiger charge is 2.46. The van der Waals surface area contributed by atoms with Crippen molar-refractivity contribution in [3.63, 3.8) is 0 Å². The normalized spacial score (nSPS) is 25.1. The second kappa shape index (κ2) is 7.11. The van der Waals surface area contributed by atoms with Crippen molar-refractivity contribution < 1.29 is 23.1 Å². The molecule has 0 bridgehead atoms. The molecule has 0 radical (unpaired) electrons. The molecule has 0 saturated carbocycles. The van der Waals surface area contributed by atoms with Crippen molar-refractivity contribution in [3.05, 3.63) is 35.9 Å². The van der Waals surface area contributed by atoms with Gasteiger partial charge in [-0.15, -0.1) is 0 Å². The van der Waals surface area contributed by atoms with Crippen molar-refractivity contribution in [2.45, 2.75) is 37.1 Å². The molecule has 0 unspecified atom stereocenters. The Labute approximate surface area is 139 Å². The number of alkyl halides is 3. The number of carbonyl (C=O) groups is 1. The number of likely N-dealkylation sites (tertiary alicyclic amines) is 1. The average molecular weight is 344 g/mol. The van der Waals surface area contributed by atoms with Gasteiger partial charge in [-0.3, -0.25) is 9.69 Å². The van der Waals surface area contributed by atoms with Crippen LogP contribution in [-0.4, -0.2) is 60.3 Å². The highest BCUT2D eigenvalue weighted by molar-refractivity contribution is 5.76. The third-order valence-corrected chi connectivity index (χ3v) is 4.75. The Hall–Kier alpha value is -1.60. The van der Waals surface area contributed by atoms with Crippen LogP contribution in [0.4, 0.5) is 13.2 Å². The van der Waals surface area contributed by atoms with Gasteiger partial charge in [-0.2, -0.15) is 13.2 Å². The number of aliphatic hydroxyl groups is 1. The Morgan fingerprint density at radius 1 is 1.33 bits per heavy atom. The van der Waals surface area contributed by atoms with Crippen molar-refractivity contribution in [1.82, 2.24) is 9.80 Å². The molecule has 1 saturated heterocycles. The number of amides is 1. The molecule has 0 aliphatic carbocycles. The van der Waals surface area contributed by atoms with E-state index >= 15 is 0 Å². The van der Waals surface area contributed by atoms with E-state index in [9.17, 15) is 23.1 Å². The largest absolute Gasteiger partial charge is 0.389 e. The average Bonchev–Trinajstić information content (AvgIpc) is 2.52. The number of hydrogen-bond acceptors (Lipinski definition) is 3. The fraction of sp³-hybridized carbons (Fsp3) is 0.588. The van der Waals surface area contributed by atoms with Gasteiger partial charge in [0.05, 0.1) is 18.1 Å². The number of halogens is 3. The van der Waals surface area contributed by atoms with Gasteiger partial charge in [0.2, 0.25) is 5.91 Å². The summed E-state index contributed by atoms with van der Waals surface area (Å²) in [4.78, 5) is 15.3. The maximum absolute atomic E-state index is 12.3. The van der Waals surface area contributed by atoms with E-state index in [4.69, 9.17) is 0 Å². The molecule has 0 aromatic heterocycles. The van der Waals surface area contributed by atoms with Crippen LogP contribution in [0.5, 0.6) is 0 Å². The van der Waals surface area contributed by atoms with Crippen LogP contribution in [0.25, 0.3) is 0 Å². The van der Waals surface area contributed by atoms with Crippen LogP contribution in [0.1, 0.15) is 24.8 Å². The van der Waals surface area contributed by atoms with Crippen LogP contribution < -0.4 is 0 Å². The van der Waals surface area contributed by atoms with E-state index in [1.165, 1.54) is 4.90 Å². The van der Waals surface area contributed by atoms with E-state index < -0.39 is 36.6 Å². The molecule has 1 aromatic carbocycles. The number of carbonyl (C=O) groups excluding carboxylic acids is 1. The lowest BCUT2D eigenvalue weighted by molar-refractivity contribution is -0.154. The van der Waals surface area contributed by atoms with Gasteiger partial charge < -0.3 is 10.0 Å². The first-order chi connectivity index (χ1) is 11.2. The van der Waals surface area contributed by atoms with Crippen LogP contribution in [-0.2, 0) is 10.3 Å². The molecule has 1 fully saturated rings. The van der Waals surface area contributed by atoms with Crippen LogP contribution in [0.15, 0.2) is 30.3 Å². The molecule has 2 atom stereocenters. The fourth-order valence-electron chi connectivity index (χ4n) is 3.40. The molecule has 7 heteroatoms. The predicted molar refractivity (Wildman–Crippen MR) is 84.3 cm³/mol. The molecule has 1 aliphatic rings. The lowest BCUT2D eigenvalue weighted by atomic mass is 9.77. The molecule has 0 spiro atoms. The summed E-state index contributed by atoms with van der Waals surface area (Å²) < 4.78 is 36.8. The van der Waals surface area contributed by atoms with Gasteiger partial charge in [0, 0.05) is 19.5 Å². The number of rotatable bonds is 4. The minimum absolute atomic E-state index is 0.0315. The molecule has 1 amide bonds. The van der Waals surface area contributed by atoms with Gasteiger partial charge in [0.25, 0.3) is 0 Å². The van der Waals surface area contributed by atoms with E-state index in [0.29, 0.717) is 13.0 Å². The molecule has 1 aromatic rings. The standard InChI is InChI=1S/C17H23F3N2O2/c1-21(2)16(13-6-4-3-5-7-13)10-11-22(12-14(16)23)15(24)8-9-17(18,19)20/h3-7,14,23H,8-12H2,1-2H3/t14-,16+/m1/s1. The molecular formula is C17H23F3N2O2. The van der Waals surface area contributed by atoms with Crippen LogP contribution in [0, 0.1) is 0 Å². The van der Waals surface area contributed by atoms with Gasteiger partial charge in [-0.1, -0.05) is 30.3 Å². The first kappa shape index (κ1) is 18.7. The Morgan fingerprint density at radius 3 is 2.46 bits per heavy atom. The zero-order valence-corrected chi connectivity index (χ0v) is 13.9. The molecule has 1 heterocycles. The van der Waals surface area contributed by atoms with Gasteiger partial charge >= 0.3 is 6.18 Å². The summed E-state index contributed by atoms with van der Waals surface area (Å²) in [6.07, 6.45) is -6.46. The monoisotopic (exact) mass is 344 g/mol. The van der Waals surface area contributed by atoms with E-state index in [1.54, 1.807) is 0 Å². The molecular weight excluding hydrogens is 321 g/mol. The summed E-state index contributed by atoms with van der Waals surface area (Å²) in [5.41, 5.74) is 0.284. The first-order valence-electron chi connectivity index (χ1n) is 7.92. The zero-order chi connectivity index (χ0) is 18.0. The highest BCUT2D eigenvalue weighted by atomic mass is 19.4. The minimum Gasteiger partial charge on any atom is -0.389 e. The number of piperidine rings is 1. The number of aliphatic hydroxyl groups excluding tert-OH is 1. The van der Waals surface area contributed by atoms with Crippen molar-refractivity contribution >= 4 is 5.91 Å². The summed E-state index contributed by atoms with van der Waals surface area (Å²) in [6, 6.07) is 9.49. The molecule has 24 heavy (non-hydrogen) atoms. The summed E-state index contributed by atoms with van der Waals surface area (Å²) in [6.45, 7) is 0.352. The maximum atomic E-state index is 12.3. The summed E-state index contributed by atoms with van der Waals surface area (Å²) in [5.74, 6) is -0.563. The summed E-state index contributed by atoms with van der Waals surface area (Å²) >= 11 is 0. The maximum Gasteiger partial charge on any atom is 0.389 e. The summed E-state index contributed by atoms with van der Waals surface area (Å²) in [7, 11) is 3.72. The first-order valence-corrected chi connectivity index (χ1v) is 7.92. The van der Waals surface area contributed by atoms with E-state index in [2.05, 4.69) is 0 Å². The predicted octanol–water partition coefficient (Wildman–Crippen LogP) is 2.38. The fourth-order valence-corrected chi connectivity index (χ4v) is 3.40. The second-order valence-corrected chi connectivity index (χ2v) is 6.41. The van der Waals surface area contributed by atoms with Crippen molar-refractivity contribution in [3.8, 4) is 0 Å². The van der Waals surface area contributed by atoms with Gasteiger partial charge in [0.15, 0.2) is 0 Å². The molecule has 1 aliphatic heterocycles. The number of benzene rings is 1. The van der Waals surface area contributed by atoms with E-state index in [-0.39, 0.29) is 6.54 Å². The van der Waals surface area contributed by atoms with Gasteiger partial charge in [-0.05, 0) is 26.1 Å². The van der Waals surface area contributed by atoms with Crippen LogP contribution in [0.3, 0.4) is 0 Å². The molecule has 1 N–H and O–H groups in total. The van der Waals surface area contributed by atoms with Gasteiger partial charge in [0.1, 0.15) is 0 Å². The second-order valence-electron chi connectivity index (χ2n) is 6.41. The topological polar surface area (TPSA) is 43.8 Å². The number of likely N-dealkylation sites (N-methyl/N-ethyl adjacent to an activating group) is 1. The van der Waals surface area contributed by atoms with E-state index in [1.807, 2.05) is 49.3 Å². The Bertz CT molecular complexity index is 563. The lowest BCUT2D eigenvalue weighted by Gasteiger charge is -2.49. The molecule has 4 nitrogen and oxygen atoms in total. The number of hydrogen-bond donors (Lipinski definition) is 1. The Kier molecular flexibility index (Phi) is 5.55. The SMILES string of the molecule is CN(C)[C@]1(c2ccccc2)CCN(C(=O)CCC(F)(F)F)C[C@H]1O. The lowest BCUT2D eigenvalue weighted by Crippen LogP contribution is -2.60. The third-order valence-electron chi connectivity index (χ3n) is 4.75. The zero-order valence-electron chi connectivity index (χ0n) is 13.9. The Morgan fingerprint density at radius 2 is 1.96 bits per heavy atom. The molecule has 2 rings (SSSR count). The third kappa shape index (κ3) is 3.89. The quantitative estimate of drug-likeness (QED) is 0.912. The summed E-state index contributed by atoms with van der Waals surface area (Å²) in [5, 5.41) is 10.7. The van der Waals surface area contributed by atoms with Crippen molar-refractivity contribution in [2.75, 3.05) is 27.2 Å². The smallest absolute Gasteiger partial charge is 0.389 e. The minimum atomic E-state index is -4.35. The van der Waals surface area contributed by atoms with Crippen LogP contribution >= 0.6 is 0 Å². The van der Waals surface area contributed by atoms with Crippen LogP contribution in [0.2, 0.25) is 0 Å².